The third-order valence-electron chi connectivity index (χ3n) is 4.89. The average Bonchev–Trinajstić information content (AvgIpc) is 2.77. The molecule has 1 aliphatic rings. The zero-order chi connectivity index (χ0) is 23.5. The molecule has 0 radical (unpaired) electrons. The molecule has 11 heteroatoms. The highest BCUT2D eigenvalue weighted by Crippen LogP contribution is 2.41. The van der Waals surface area contributed by atoms with Crippen molar-refractivity contribution in [3.63, 3.8) is 0 Å². The molecular weight excluding hydrogens is 440 g/mol. The minimum atomic E-state index is -4.20. The highest BCUT2D eigenvalue weighted by molar-refractivity contribution is 7.92. The number of hydrogen-bond acceptors (Lipinski definition) is 8. The molecular formula is C21H24N2O8S. The zero-order valence-electron chi connectivity index (χ0n) is 18.1. The lowest BCUT2D eigenvalue weighted by Crippen LogP contribution is -2.40. The quantitative estimate of drug-likeness (QED) is 0.592. The minimum absolute atomic E-state index is 0.0469. The molecule has 0 saturated carbocycles. The Labute approximate surface area is 186 Å². The molecule has 0 bridgehead atoms. The SMILES string of the molecule is COc1ccc(N2C(=O)CCCC2=O)cc1S(=O)(=O)Nc1cc(OC)c(OC)c(OC)c1. The van der Waals surface area contributed by atoms with Crippen molar-refractivity contribution in [1.29, 1.82) is 0 Å². The van der Waals surface area contributed by atoms with Crippen molar-refractivity contribution in [3.05, 3.63) is 30.3 Å². The van der Waals surface area contributed by atoms with Gasteiger partial charge in [0.2, 0.25) is 17.6 Å². The van der Waals surface area contributed by atoms with Crippen LogP contribution in [-0.4, -0.2) is 48.7 Å². The van der Waals surface area contributed by atoms with Crippen LogP contribution in [0.15, 0.2) is 35.2 Å². The van der Waals surface area contributed by atoms with Gasteiger partial charge in [0, 0.05) is 25.0 Å². The van der Waals surface area contributed by atoms with Crippen molar-refractivity contribution in [3.8, 4) is 23.0 Å². The molecule has 1 fully saturated rings. The van der Waals surface area contributed by atoms with Crippen LogP contribution in [0.25, 0.3) is 0 Å². The van der Waals surface area contributed by atoms with Crippen LogP contribution in [0.3, 0.4) is 0 Å². The molecule has 2 aromatic rings. The highest BCUT2D eigenvalue weighted by Gasteiger charge is 2.30. The Kier molecular flexibility index (Phi) is 6.78. The molecule has 0 spiro atoms. The average molecular weight is 464 g/mol. The van der Waals surface area contributed by atoms with Crippen molar-refractivity contribution in [2.24, 2.45) is 0 Å². The number of nitrogens with zero attached hydrogens (tertiary/aromatic N) is 1. The summed E-state index contributed by atoms with van der Waals surface area (Å²) in [6.45, 7) is 0. The van der Waals surface area contributed by atoms with Gasteiger partial charge < -0.3 is 18.9 Å². The number of hydrogen-bond donors (Lipinski definition) is 1. The maximum atomic E-state index is 13.2. The maximum Gasteiger partial charge on any atom is 0.265 e. The van der Waals surface area contributed by atoms with E-state index in [2.05, 4.69) is 4.72 Å². The lowest BCUT2D eigenvalue weighted by atomic mass is 10.1. The summed E-state index contributed by atoms with van der Waals surface area (Å²) in [6.07, 6.45) is 0.894. The summed E-state index contributed by atoms with van der Waals surface area (Å²) in [5.41, 5.74) is 0.308. The van der Waals surface area contributed by atoms with E-state index < -0.39 is 10.0 Å². The molecule has 32 heavy (non-hydrogen) atoms. The summed E-state index contributed by atoms with van der Waals surface area (Å²) < 4.78 is 49.9. The van der Waals surface area contributed by atoms with Gasteiger partial charge in [0.1, 0.15) is 10.6 Å². The van der Waals surface area contributed by atoms with E-state index >= 15 is 0 Å². The summed E-state index contributed by atoms with van der Waals surface area (Å²) in [5.74, 6) is 0.106. The lowest BCUT2D eigenvalue weighted by molar-refractivity contribution is -0.129. The van der Waals surface area contributed by atoms with E-state index in [1.807, 2.05) is 0 Å². The van der Waals surface area contributed by atoms with Gasteiger partial charge in [0.15, 0.2) is 11.5 Å². The predicted molar refractivity (Wildman–Crippen MR) is 116 cm³/mol. The number of benzene rings is 2. The largest absolute Gasteiger partial charge is 0.495 e. The number of carbonyl (C=O) groups excluding carboxylic acids is 2. The van der Waals surface area contributed by atoms with Crippen LogP contribution in [0.2, 0.25) is 0 Å². The molecule has 0 unspecified atom stereocenters. The van der Waals surface area contributed by atoms with Crippen LogP contribution < -0.4 is 28.6 Å². The number of amides is 2. The van der Waals surface area contributed by atoms with Gasteiger partial charge in [-0.05, 0) is 24.6 Å². The molecule has 0 aromatic heterocycles. The molecule has 172 valence electrons. The lowest BCUT2D eigenvalue weighted by Gasteiger charge is -2.25. The van der Waals surface area contributed by atoms with Gasteiger partial charge >= 0.3 is 0 Å². The van der Waals surface area contributed by atoms with Gasteiger partial charge in [-0.1, -0.05) is 0 Å². The monoisotopic (exact) mass is 464 g/mol. The number of methoxy groups -OCH3 is 4. The fourth-order valence-corrected chi connectivity index (χ4v) is 4.64. The van der Waals surface area contributed by atoms with Gasteiger partial charge in [-0.15, -0.1) is 0 Å². The van der Waals surface area contributed by atoms with Gasteiger partial charge in [-0.25, -0.2) is 8.42 Å². The van der Waals surface area contributed by atoms with Crippen LogP contribution in [0.1, 0.15) is 19.3 Å². The van der Waals surface area contributed by atoms with Crippen molar-refractivity contribution in [1.82, 2.24) is 0 Å². The maximum absolute atomic E-state index is 13.2. The van der Waals surface area contributed by atoms with Crippen LogP contribution in [0, 0.1) is 0 Å². The van der Waals surface area contributed by atoms with E-state index in [0.717, 1.165) is 4.90 Å². The van der Waals surface area contributed by atoms with E-state index in [4.69, 9.17) is 18.9 Å². The number of sulfonamides is 1. The second-order valence-corrected chi connectivity index (χ2v) is 8.48. The zero-order valence-corrected chi connectivity index (χ0v) is 18.9. The summed E-state index contributed by atoms with van der Waals surface area (Å²) in [4.78, 5) is 25.3. The number of anilines is 2. The minimum Gasteiger partial charge on any atom is -0.495 e. The second-order valence-electron chi connectivity index (χ2n) is 6.83. The predicted octanol–water partition coefficient (Wildman–Crippen LogP) is 2.57. The van der Waals surface area contributed by atoms with Crippen LogP contribution in [0.5, 0.6) is 23.0 Å². The van der Waals surface area contributed by atoms with E-state index in [-0.39, 0.29) is 58.2 Å². The van der Waals surface area contributed by atoms with Crippen LogP contribution >= 0.6 is 0 Å². The second kappa shape index (κ2) is 9.35. The van der Waals surface area contributed by atoms with Gasteiger partial charge in [0.05, 0.1) is 39.8 Å². The number of piperidine rings is 1. The van der Waals surface area contributed by atoms with Crippen LogP contribution in [-0.2, 0) is 19.6 Å². The van der Waals surface area contributed by atoms with Crippen molar-refractivity contribution < 1.29 is 37.0 Å². The third kappa shape index (κ3) is 4.42. The number of rotatable bonds is 8. The molecule has 3 rings (SSSR count). The van der Waals surface area contributed by atoms with Gasteiger partial charge in [-0.2, -0.15) is 0 Å². The van der Waals surface area contributed by atoms with Crippen molar-refractivity contribution >= 4 is 33.2 Å². The Morgan fingerprint density at radius 1 is 0.812 bits per heavy atom. The first-order chi connectivity index (χ1) is 15.2. The van der Waals surface area contributed by atoms with Gasteiger partial charge in [-0.3, -0.25) is 19.2 Å². The molecule has 10 nitrogen and oxygen atoms in total. The summed E-state index contributed by atoms with van der Waals surface area (Å²) in [6, 6.07) is 6.98. The number of ether oxygens (including phenoxy) is 4. The Balaban J connectivity index is 2.05. The third-order valence-corrected chi connectivity index (χ3v) is 6.29. The number of carbonyl (C=O) groups is 2. The first kappa shape index (κ1) is 23.2. The molecule has 1 heterocycles. The van der Waals surface area contributed by atoms with Gasteiger partial charge in [0.25, 0.3) is 10.0 Å². The summed E-state index contributed by atoms with van der Waals surface area (Å²) in [7, 11) is 1.38. The van der Waals surface area contributed by atoms with Crippen LogP contribution in [0.4, 0.5) is 11.4 Å². The standard InChI is InChI=1S/C21H24N2O8S/c1-28-15-9-8-14(23-19(24)6-5-7-20(23)25)12-18(15)32(26,27)22-13-10-16(29-2)21(31-4)17(11-13)30-3/h8-12,22H,5-7H2,1-4H3. The van der Waals surface area contributed by atoms with E-state index in [9.17, 15) is 18.0 Å². The number of nitrogens with one attached hydrogen (secondary N) is 1. The van der Waals surface area contributed by atoms with Crippen molar-refractivity contribution in [2.75, 3.05) is 38.1 Å². The Bertz CT molecular complexity index is 1110. The smallest absolute Gasteiger partial charge is 0.265 e. The Morgan fingerprint density at radius 2 is 1.38 bits per heavy atom. The topological polar surface area (TPSA) is 120 Å². The van der Waals surface area contributed by atoms with E-state index in [1.165, 1.54) is 58.8 Å². The normalized spacial score (nSPS) is 14.2. The molecule has 2 amide bonds. The first-order valence-electron chi connectivity index (χ1n) is 9.62. The van der Waals surface area contributed by atoms with E-state index in [0.29, 0.717) is 12.2 Å². The Hall–Kier alpha value is -3.47. The van der Waals surface area contributed by atoms with E-state index in [1.54, 1.807) is 0 Å². The molecule has 0 atom stereocenters. The fourth-order valence-electron chi connectivity index (χ4n) is 3.41. The highest BCUT2D eigenvalue weighted by atomic mass is 32.2. The molecule has 2 aromatic carbocycles. The summed E-state index contributed by atoms with van der Waals surface area (Å²) >= 11 is 0. The van der Waals surface area contributed by atoms with Crippen molar-refractivity contribution in [2.45, 2.75) is 24.2 Å². The fraction of sp³-hybridized carbons (Fsp3) is 0.333. The number of imide groups is 1. The molecule has 1 N–H and O–H groups in total. The molecule has 1 saturated heterocycles. The molecule has 0 aliphatic carbocycles. The molecule has 1 aliphatic heterocycles. The Morgan fingerprint density at radius 3 is 1.88 bits per heavy atom. The summed E-state index contributed by atoms with van der Waals surface area (Å²) in [5, 5.41) is 0. The first-order valence-corrected chi connectivity index (χ1v) is 11.1.